The second-order valence-electron chi connectivity index (χ2n) is 3.86. The molecule has 0 fully saturated rings. The number of aromatic nitrogens is 3. The molecule has 0 saturated heterocycles. The normalized spacial score (nSPS) is 12.5. The van der Waals surface area contributed by atoms with Crippen LogP contribution < -0.4 is 0 Å². The predicted molar refractivity (Wildman–Crippen MR) is 84.7 cm³/mol. The van der Waals surface area contributed by atoms with E-state index >= 15 is 0 Å². The minimum Gasteiger partial charge on any atom is -0.217 e. The summed E-state index contributed by atoms with van der Waals surface area (Å²) in [7, 11) is -5.94. The largest absolute Gasteiger partial charge is 0.227 e. The minimum atomic E-state index is -3.43. The van der Waals surface area contributed by atoms with Gasteiger partial charge in [-0.1, -0.05) is 13.8 Å². The molecule has 12 heteroatoms. The Kier molecular flexibility index (Phi) is 7.17. The quantitative estimate of drug-likeness (QED) is 0.616. The summed E-state index contributed by atoms with van der Waals surface area (Å²) in [5, 5.41) is -0.497. The molecule has 120 valence electrons. The molecule has 1 rings (SSSR count). The van der Waals surface area contributed by atoms with Crippen molar-refractivity contribution in [2.45, 2.75) is 37.0 Å². The Morgan fingerprint density at radius 1 is 0.857 bits per heavy atom. The summed E-state index contributed by atoms with van der Waals surface area (Å²) in [6, 6.07) is 0. The number of hydrogen-bond donors (Lipinski definition) is 0. The molecule has 0 aliphatic carbocycles. The van der Waals surface area contributed by atoms with Gasteiger partial charge < -0.3 is 0 Å². The van der Waals surface area contributed by atoms with Crippen molar-refractivity contribution in [2.75, 3.05) is 11.5 Å². The van der Waals surface area contributed by atoms with Gasteiger partial charge in [-0.25, -0.2) is 16.8 Å². The van der Waals surface area contributed by atoms with E-state index in [0.29, 0.717) is 34.4 Å². The lowest BCUT2D eigenvalue weighted by atomic mass is 10.6. The van der Waals surface area contributed by atoms with Crippen molar-refractivity contribution in [3.8, 4) is 0 Å². The number of rotatable bonds is 8. The molecule has 1 aromatic heterocycles. The van der Waals surface area contributed by atoms with Gasteiger partial charge in [0.05, 0.1) is 11.5 Å². The molecule has 0 bridgehead atoms. The Morgan fingerprint density at radius 2 is 1.24 bits per heavy atom. The van der Waals surface area contributed by atoms with Crippen LogP contribution in [0.15, 0.2) is 10.3 Å². The van der Waals surface area contributed by atoms with Gasteiger partial charge in [-0.3, -0.25) is 0 Å². The lowest BCUT2D eigenvalue weighted by Crippen LogP contribution is -2.05. The van der Waals surface area contributed by atoms with Crippen molar-refractivity contribution < 1.29 is 16.8 Å². The van der Waals surface area contributed by atoms with E-state index in [9.17, 15) is 16.8 Å². The summed E-state index contributed by atoms with van der Waals surface area (Å²) >= 11 is 5.68. The zero-order chi connectivity index (χ0) is 16.1. The molecule has 21 heavy (non-hydrogen) atoms. The first-order valence-electron chi connectivity index (χ1n) is 5.93. The molecular weight excluding hydrogens is 378 g/mol. The predicted octanol–water partition coefficient (Wildman–Crippen LogP) is 2.19. The Labute approximate surface area is 136 Å². The zero-order valence-corrected chi connectivity index (χ0v) is 15.3. The first kappa shape index (κ1) is 18.9. The molecule has 7 nitrogen and oxygen atoms in total. The van der Waals surface area contributed by atoms with E-state index in [2.05, 4.69) is 15.0 Å². The van der Waals surface area contributed by atoms with Crippen LogP contribution >= 0.6 is 33.2 Å². The minimum absolute atomic E-state index is 0.0302. The summed E-state index contributed by atoms with van der Waals surface area (Å²) in [5.41, 5.74) is 0. The van der Waals surface area contributed by atoms with Crippen LogP contribution in [0.3, 0.4) is 0 Å². The highest BCUT2D eigenvalue weighted by molar-refractivity contribution is 8.72. The average Bonchev–Trinajstić information content (AvgIpc) is 2.25. The molecule has 0 atom stereocenters. The van der Waals surface area contributed by atoms with Crippen molar-refractivity contribution in [3.05, 3.63) is 5.28 Å². The molecule has 0 spiro atoms. The van der Waals surface area contributed by atoms with Crippen LogP contribution in [0.2, 0.25) is 5.28 Å². The van der Waals surface area contributed by atoms with Gasteiger partial charge in [0.1, 0.15) is 0 Å². The van der Waals surface area contributed by atoms with E-state index in [1.54, 1.807) is 13.8 Å². The molecule has 1 heterocycles. The van der Waals surface area contributed by atoms with Gasteiger partial charge >= 0.3 is 0 Å². The van der Waals surface area contributed by atoms with Crippen LogP contribution in [0.1, 0.15) is 26.7 Å². The van der Waals surface area contributed by atoms with E-state index in [-0.39, 0.29) is 27.1 Å². The van der Waals surface area contributed by atoms with Crippen LogP contribution in [0.5, 0.6) is 0 Å². The van der Waals surface area contributed by atoms with E-state index < -0.39 is 17.7 Å². The second kappa shape index (κ2) is 7.95. The third-order valence-electron chi connectivity index (χ3n) is 1.88. The maximum Gasteiger partial charge on any atom is 0.227 e. The van der Waals surface area contributed by atoms with E-state index in [0.717, 1.165) is 0 Å². The maximum atomic E-state index is 11.7. The summed E-state index contributed by atoms with van der Waals surface area (Å²) < 4.78 is 46.8. The fourth-order valence-electron chi connectivity index (χ4n) is 1.20. The van der Waals surface area contributed by atoms with Crippen LogP contribution in [-0.2, 0) is 17.7 Å². The van der Waals surface area contributed by atoms with Crippen molar-refractivity contribution in [3.63, 3.8) is 0 Å². The van der Waals surface area contributed by atoms with E-state index in [1.807, 2.05) is 0 Å². The Hall–Kier alpha value is -0.100. The van der Waals surface area contributed by atoms with E-state index in [1.165, 1.54) is 0 Å². The van der Waals surface area contributed by atoms with Crippen LogP contribution in [0.4, 0.5) is 0 Å². The van der Waals surface area contributed by atoms with Crippen molar-refractivity contribution in [1.29, 1.82) is 0 Å². The highest BCUT2D eigenvalue weighted by Crippen LogP contribution is 2.28. The van der Waals surface area contributed by atoms with Gasteiger partial charge in [0, 0.05) is 21.6 Å². The highest BCUT2D eigenvalue weighted by atomic mass is 35.5. The van der Waals surface area contributed by atoms with Crippen LogP contribution in [0, 0.1) is 0 Å². The zero-order valence-electron chi connectivity index (χ0n) is 11.3. The van der Waals surface area contributed by atoms with Gasteiger partial charge in [-0.2, -0.15) is 15.0 Å². The lowest BCUT2D eigenvalue weighted by Gasteiger charge is -2.04. The molecule has 0 N–H and O–H groups in total. The molecule has 0 saturated carbocycles. The monoisotopic (exact) mass is 391 g/mol. The topological polar surface area (TPSA) is 107 Å². The SMILES string of the molecule is CCCS(=O)(=O)Sc1nc(Cl)nc(SS(=O)(=O)CCC)n1. The molecule has 0 aliphatic heterocycles. The average molecular weight is 392 g/mol. The van der Waals surface area contributed by atoms with Crippen molar-refractivity contribution in [2.24, 2.45) is 0 Å². The lowest BCUT2D eigenvalue weighted by molar-refractivity contribution is 0.607. The third-order valence-corrected chi connectivity index (χ3v) is 8.45. The first-order valence-corrected chi connectivity index (χ1v) is 12.3. The Balaban J connectivity index is 3.01. The van der Waals surface area contributed by atoms with E-state index in [4.69, 9.17) is 11.6 Å². The second-order valence-corrected chi connectivity index (χ2v) is 12.4. The van der Waals surface area contributed by atoms with Crippen molar-refractivity contribution in [1.82, 2.24) is 15.0 Å². The summed E-state index contributed by atoms with van der Waals surface area (Å²) in [5.74, 6) is -0.0604. The molecule has 0 unspecified atom stereocenters. The molecule has 1 aromatic rings. The van der Waals surface area contributed by atoms with Gasteiger partial charge in [-0.05, 0) is 24.4 Å². The van der Waals surface area contributed by atoms with Crippen molar-refractivity contribution >= 4 is 50.9 Å². The summed E-state index contributed by atoms with van der Waals surface area (Å²) in [6.45, 7) is 3.47. The van der Waals surface area contributed by atoms with Gasteiger partial charge in [-0.15, -0.1) is 0 Å². The fourth-order valence-corrected chi connectivity index (χ4v) is 6.94. The summed E-state index contributed by atoms with van der Waals surface area (Å²) in [4.78, 5) is 11.2. The van der Waals surface area contributed by atoms with Gasteiger partial charge in [0.2, 0.25) is 33.3 Å². The molecule has 0 aliphatic rings. The van der Waals surface area contributed by atoms with Crippen LogP contribution in [-0.4, -0.2) is 43.3 Å². The Morgan fingerprint density at radius 3 is 1.57 bits per heavy atom. The summed E-state index contributed by atoms with van der Waals surface area (Å²) in [6.07, 6.45) is 0.918. The van der Waals surface area contributed by atoms with Gasteiger partial charge in [0.25, 0.3) is 0 Å². The molecule has 0 radical (unpaired) electrons. The smallest absolute Gasteiger partial charge is 0.217 e. The number of nitrogens with zero attached hydrogens (tertiary/aromatic N) is 3. The first-order chi connectivity index (χ1) is 9.67. The Bertz CT molecular complexity index is 637. The standard InChI is InChI=1S/C9H14ClN3O4S4/c1-3-5-20(14,15)18-8-11-7(10)12-9(13-8)19-21(16,17)6-4-2/h3-6H2,1-2H3. The molecule has 0 aromatic carbocycles. The van der Waals surface area contributed by atoms with Gasteiger partial charge in [0.15, 0.2) is 0 Å². The fraction of sp³-hybridized carbons (Fsp3) is 0.667. The number of halogens is 1. The maximum absolute atomic E-state index is 11.7. The number of hydrogen-bond acceptors (Lipinski definition) is 9. The third kappa shape index (κ3) is 7.13. The molecular formula is C9H14ClN3O4S4. The molecule has 0 amide bonds. The highest BCUT2D eigenvalue weighted by Gasteiger charge is 2.19. The van der Waals surface area contributed by atoms with Crippen LogP contribution in [0.25, 0.3) is 0 Å².